The average molecular weight is 507 g/mol. The van der Waals surface area contributed by atoms with Crippen molar-refractivity contribution in [3.63, 3.8) is 0 Å². The van der Waals surface area contributed by atoms with Crippen LogP contribution in [0.5, 0.6) is 0 Å². The second-order valence-corrected chi connectivity index (χ2v) is 10.3. The van der Waals surface area contributed by atoms with Crippen molar-refractivity contribution in [1.29, 1.82) is 0 Å². The number of aromatic nitrogens is 2. The number of nitrogens with zero attached hydrogens (tertiary/aromatic N) is 3. The predicted octanol–water partition coefficient (Wildman–Crippen LogP) is 3.50. The first-order valence-corrected chi connectivity index (χ1v) is 12.3. The van der Waals surface area contributed by atoms with E-state index in [1.165, 1.54) is 28.6 Å². The van der Waals surface area contributed by atoms with Crippen molar-refractivity contribution in [3.8, 4) is 11.3 Å². The van der Waals surface area contributed by atoms with Crippen LogP contribution in [0.15, 0.2) is 51.9 Å². The number of hydrogen-bond acceptors (Lipinski definition) is 8. The molecule has 0 aliphatic carbocycles. The standard InChI is InChI=1S/C21H16F2N4O5S2/c22-14-3-1-12(9-15(14)23)18-11-17(26-32-18)20(28)25-21-24-16-4-2-13(10-19(16)33-21)34(29,30)27-5-7-31-8-6-27/h1-4,9-11H,5-8H2,(H,24,25,28). The molecule has 0 radical (unpaired) electrons. The third kappa shape index (κ3) is 4.30. The molecule has 0 spiro atoms. The predicted molar refractivity (Wildman–Crippen MR) is 119 cm³/mol. The number of carbonyl (C=O) groups excluding carboxylic acids is 1. The van der Waals surface area contributed by atoms with E-state index in [1.807, 2.05) is 0 Å². The Balaban J connectivity index is 1.34. The zero-order valence-corrected chi connectivity index (χ0v) is 19.0. The summed E-state index contributed by atoms with van der Waals surface area (Å²) in [5.41, 5.74) is 0.651. The molecule has 1 saturated heterocycles. The molecule has 2 aromatic carbocycles. The Labute approximate surface area is 196 Å². The molecule has 2 aromatic heterocycles. The summed E-state index contributed by atoms with van der Waals surface area (Å²) in [5, 5.41) is 6.50. The van der Waals surface area contributed by atoms with Gasteiger partial charge >= 0.3 is 0 Å². The second kappa shape index (κ2) is 8.83. The summed E-state index contributed by atoms with van der Waals surface area (Å²) >= 11 is 1.10. The Morgan fingerprint density at radius 3 is 2.62 bits per heavy atom. The number of morpholine rings is 1. The van der Waals surface area contributed by atoms with Gasteiger partial charge in [-0.2, -0.15) is 4.31 Å². The summed E-state index contributed by atoms with van der Waals surface area (Å²) in [6.45, 7) is 1.26. The van der Waals surface area contributed by atoms with Gasteiger partial charge in [0.05, 0.1) is 28.3 Å². The van der Waals surface area contributed by atoms with Gasteiger partial charge in [0, 0.05) is 24.7 Å². The molecular weight excluding hydrogens is 490 g/mol. The highest BCUT2D eigenvalue weighted by molar-refractivity contribution is 7.89. The van der Waals surface area contributed by atoms with E-state index in [2.05, 4.69) is 15.5 Å². The van der Waals surface area contributed by atoms with Crippen LogP contribution in [-0.2, 0) is 14.8 Å². The maximum atomic E-state index is 13.5. The van der Waals surface area contributed by atoms with Gasteiger partial charge in [-0.1, -0.05) is 16.5 Å². The first-order valence-electron chi connectivity index (χ1n) is 10.0. The van der Waals surface area contributed by atoms with E-state index in [4.69, 9.17) is 9.26 Å². The molecule has 0 unspecified atom stereocenters. The van der Waals surface area contributed by atoms with Gasteiger partial charge in [-0.05, 0) is 36.4 Å². The number of amides is 1. The van der Waals surface area contributed by atoms with Gasteiger partial charge in [0.2, 0.25) is 10.0 Å². The lowest BCUT2D eigenvalue weighted by Gasteiger charge is -2.25. The fourth-order valence-electron chi connectivity index (χ4n) is 3.38. The molecule has 5 rings (SSSR count). The van der Waals surface area contributed by atoms with Crippen LogP contribution in [0.2, 0.25) is 0 Å². The van der Waals surface area contributed by atoms with Gasteiger partial charge in [-0.3, -0.25) is 10.1 Å². The fourth-order valence-corrected chi connectivity index (χ4v) is 5.79. The number of thiazole rings is 1. The lowest BCUT2D eigenvalue weighted by atomic mass is 10.1. The lowest BCUT2D eigenvalue weighted by molar-refractivity contribution is 0.0730. The quantitative estimate of drug-likeness (QED) is 0.441. The Kier molecular flexibility index (Phi) is 5.85. The van der Waals surface area contributed by atoms with E-state index in [1.54, 1.807) is 6.07 Å². The number of halogens is 2. The second-order valence-electron chi connectivity index (χ2n) is 7.32. The van der Waals surface area contributed by atoms with Crippen molar-refractivity contribution < 1.29 is 31.3 Å². The van der Waals surface area contributed by atoms with E-state index < -0.39 is 27.6 Å². The minimum absolute atomic E-state index is 0.0884. The van der Waals surface area contributed by atoms with Crippen LogP contribution in [0, 0.1) is 11.6 Å². The van der Waals surface area contributed by atoms with E-state index in [9.17, 15) is 22.0 Å². The lowest BCUT2D eigenvalue weighted by Crippen LogP contribution is -2.40. The zero-order valence-electron chi connectivity index (χ0n) is 17.3. The van der Waals surface area contributed by atoms with Gasteiger partial charge in [-0.25, -0.2) is 22.2 Å². The van der Waals surface area contributed by atoms with E-state index in [0.717, 1.165) is 23.5 Å². The molecule has 34 heavy (non-hydrogen) atoms. The normalized spacial score (nSPS) is 15.0. The van der Waals surface area contributed by atoms with Gasteiger partial charge in [0.15, 0.2) is 28.2 Å². The summed E-state index contributed by atoms with van der Waals surface area (Å²) in [4.78, 5) is 17.0. The van der Waals surface area contributed by atoms with Crippen molar-refractivity contribution >= 4 is 42.6 Å². The number of rotatable bonds is 5. The average Bonchev–Trinajstić information content (AvgIpc) is 3.48. The van der Waals surface area contributed by atoms with Crippen LogP contribution in [0.25, 0.3) is 21.5 Å². The summed E-state index contributed by atoms with van der Waals surface area (Å²) in [6, 6.07) is 9.05. The SMILES string of the molecule is O=C(Nc1nc2ccc(S(=O)(=O)N3CCOCC3)cc2s1)c1cc(-c2ccc(F)c(F)c2)on1. The van der Waals surface area contributed by atoms with Gasteiger partial charge in [-0.15, -0.1) is 0 Å². The number of sulfonamides is 1. The minimum Gasteiger partial charge on any atom is -0.379 e. The van der Waals surface area contributed by atoms with Crippen molar-refractivity contribution in [1.82, 2.24) is 14.4 Å². The zero-order chi connectivity index (χ0) is 23.9. The molecule has 4 aromatic rings. The number of anilines is 1. The fraction of sp³-hybridized carbons (Fsp3) is 0.190. The Morgan fingerprint density at radius 1 is 1.06 bits per heavy atom. The van der Waals surface area contributed by atoms with Crippen LogP contribution in [0.1, 0.15) is 10.5 Å². The number of carbonyl (C=O) groups is 1. The first kappa shape index (κ1) is 22.5. The van der Waals surface area contributed by atoms with E-state index in [-0.39, 0.29) is 40.1 Å². The van der Waals surface area contributed by atoms with E-state index in [0.29, 0.717) is 23.4 Å². The molecule has 1 amide bonds. The highest BCUT2D eigenvalue weighted by Gasteiger charge is 2.27. The highest BCUT2D eigenvalue weighted by Crippen LogP contribution is 2.30. The van der Waals surface area contributed by atoms with Crippen molar-refractivity contribution in [3.05, 3.63) is 59.8 Å². The summed E-state index contributed by atoms with van der Waals surface area (Å²) < 4.78 is 64.6. The van der Waals surface area contributed by atoms with Crippen molar-refractivity contribution in [2.24, 2.45) is 0 Å². The van der Waals surface area contributed by atoms with Crippen LogP contribution < -0.4 is 5.32 Å². The third-order valence-electron chi connectivity index (χ3n) is 5.14. The topological polar surface area (TPSA) is 115 Å². The highest BCUT2D eigenvalue weighted by atomic mass is 32.2. The molecule has 0 bridgehead atoms. The monoisotopic (exact) mass is 506 g/mol. The van der Waals surface area contributed by atoms with Crippen LogP contribution in [0.3, 0.4) is 0 Å². The Bertz CT molecular complexity index is 1500. The van der Waals surface area contributed by atoms with E-state index >= 15 is 0 Å². The van der Waals surface area contributed by atoms with Crippen LogP contribution >= 0.6 is 11.3 Å². The maximum absolute atomic E-state index is 13.5. The largest absolute Gasteiger partial charge is 0.379 e. The molecule has 1 N–H and O–H groups in total. The van der Waals surface area contributed by atoms with Crippen LogP contribution in [0.4, 0.5) is 13.9 Å². The molecule has 0 saturated carbocycles. The number of fused-ring (bicyclic) bond motifs is 1. The Hall–Kier alpha value is -3.26. The molecule has 1 fully saturated rings. The summed E-state index contributed by atoms with van der Waals surface area (Å²) in [6.07, 6.45) is 0. The van der Waals surface area contributed by atoms with Gasteiger partial charge < -0.3 is 9.26 Å². The molecule has 176 valence electrons. The maximum Gasteiger partial charge on any atom is 0.279 e. The van der Waals surface area contributed by atoms with Gasteiger partial charge in [0.1, 0.15) is 0 Å². The molecule has 1 aliphatic rings. The van der Waals surface area contributed by atoms with Crippen molar-refractivity contribution in [2.75, 3.05) is 31.6 Å². The number of hydrogen-bond donors (Lipinski definition) is 1. The minimum atomic E-state index is -3.67. The number of benzene rings is 2. The Morgan fingerprint density at radius 2 is 1.85 bits per heavy atom. The first-order chi connectivity index (χ1) is 16.3. The van der Waals surface area contributed by atoms with Crippen LogP contribution in [-0.4, -0.2) is 55.1 Å². The van der Waals surface area contributed by atoms with Gasteiger partial charge in [0.25, 0.3) is 5.91 Å². The summed E-state index contributed by atoms with van der Waals surface area (Å²) in [7, 11) is -3.67. The molecule has 13 heteroatoms. The number of nitrogens with one attached hydrogen (secondary N) is 1. The summed E-state index contributed by atoms with van der Waals surface area (Å²) in [5.74, 6) is -2.59. The molecule has 9 nitrogen and oxygen atoms in total. The smallest absolute Gasteiger partial charge is 0.279 e. The molecule has 1 aliphatic heterocycles. The van der Waals surface area contributed by atoms with Crippen molar-refractivity contribution in [2.45, 2.75) is 4.90 Å². The third-order valence-corrected chi connectivity index (χ3v) is 7.96. The molecule has 0 atom stereocenters. The molecule has 3 heterocycles. The number of ether oxygens (including phenoxy) is 1. The molecular formula is C21H16F2N4O5S2.